The third-order valence-electron chi connectivity index (χ3n) is 3.46. The van der Waals surface area contributed by atoms with Gasteiger partial charge >= 0.3 is 6.18 Å². The molecule has 0 unspecified atom stereocenters. The summed E-state index contributed by atoms with van der Waals surface area (Å²) in [5, 5.41) is 5.24. The molecule has 0 aliphatic rings. The number of carbonyl (C=O) groups excluding carboxylic acids is 1. The highest BCUT2D eigenvalue weighted by Crippen LogP contribution is 2.37. The Morgan fingerprint density at radius 3 is 2.62 bits per heavy atom. The molecule has 0 saturated heterocycles. The first-order valence-corrected chi connectivity index (χ1v) is 8.28. The molecule has 0 bridgehead atoms. The number of aromatic nitrogens is 2. The average molecular weight is 387 g/mol. The number of halogens is 4. The number of nitrogens with zero attached hydrogens (tertiary/aromatic N) is 2. The highest BCUT2D eigenvalue weighted by molar-refractivity contribution is 6.30. The van der Waals surface area contributed by atoms with Crippen molar-refractivity contribution in [3.8, 4) is 0 Å². The molecule has 0 aliphatic carbocycles. The maximum atomic E-state index is 13.1. The lowest BCUT2D eigenvalue weighted by Crippen LogP contribution is -2.26. The van der Waals surface area contributed by atoms with E-state index in [-0.39, 0.29) is 22.2 Å². The first-order chi connectivity index (χ1) is 12.2. The molecule has 9 heteroatoms. The van der Waals surface area contributed by atoms with Crippen molar-refractivity contribution in [1.29, 1.82) is 0 Å². The summed E-state index contributed by atoms with van der Waals surface area (Å²) in [4.78, 5) is 19.8. The largest absolute Gasteiger partial charge is 0.418 e. The van der Waals surface area contributed by atoms with Crippen molar-refractivity contribution in [2.75, 3.05) is 11.9 Å². The molecule has 2 rings (SSSR count). The Morgan fingerprint density at radius 1 is 1.23 bits per heavy atom. The minimum atomic E-state index is -4.59. The Kier molecular flexibility index (Phi) is 6.42. The van der Waals surface area contributed by atoms with Gasteiger partial charge in [-0.1, -0.05) is 25.4 Å². The lowest BCUT2D eigenvalue weighted by Gasteiger charge is -2.14. The summed E-state index contributed by atoms with van der Waals surface area (Å²) in [5.74, 6) is 0.0914. The summed E-state index contributed by atoms with van der Waals surface area (Å²) in [5.41, 5.74) is -1.08. The fraction of sp³-hybridized carbons (Fsp3) is 0.353. The fourth-order valence-electron chi connectivity index (χ4n) is 2.11. The number of amides is 1. The highest BCUT2D eigenvalue weighted by atomic mass is 35.5. The number of carbonyl (C=O) groups is 1. The molecular weight excluding hydrogens is 369 g/mol. The highest BCUT2D eigenvalue weighted by Gasteiger charge is 2.34. The van der Waals surface area contributed by atoms with Gasteiger partial charge < -0.3 is 10.6 Å². The monoisotopic (exact) mass is 386 g/mol. The molecule has 26 heavy (non-hydrogen) atoms. The van der Waals surface area contributed by atoms with Crippen LogP contribution in [0.1, 0.15) is 36.3 Å². The molecule has 0 spiro atoms. The maximum absolute atomic E-state index is 13.1. The predicted molar refractivity (Wildman–Crippen MR) is 93.6 cm³/mol. The molecule has 140 valence electrons. The van der Waals surface area contributed by atoms with Crippen molar-refractivity contribution in [3.05, 3.63) is 46.9 Å². The van der Waals surface area contributed by atoms with Crippen molar-refractivity contribution >= 4 is 29.0 Å². The SMILES string of the molecule is CC(C)CCNC(=O)c1cc(Nc2ccc(Cl)cc2C(F)(F)F)ncn1. The molecular formula is C17H18ClF3N4O. The van der Waals surface area contributed by atoms with Gasteiger partial charge in [-0.2, -0.15) is 13.2 Å². The Balaban J connectivity index is 2.18. The van der Waals surface area contributed by atoms with Crippen LogP contribution < -0.4 is 10.6 Å². The smallest absolute Gasteiger partial charge is 0.351 e. The van der Waals surface area contributed by atoms with Crippen LogP contribution in [0.3, 0.4) is 0 Å². The van der Waals surface area contributed by atoms with Crippen molar-refractivity contribution in [3.63, 3.8) is 0 Å². The number of nitrogens with one attached hydrogen (secondary N) is 2. The molecule has 0 aliphatic heterocycles. The summed E-state index contributed by atoms with van der Waals surface area (Å²) < 4.78 is 39.4. The Bertz CT molecular complexity index is 781. The minimum Gasteiger partial charge on any atom is -0.351 e. The van der Waals surface area contributed by atoms with Crippen LogP contribution in [0, 0.1) is 5.92 Å². The second kappa shape index (κ2) is 8.35. The van der Waals surface area contributed by atoms with E-state index in [1.165, 1.54) is 18.2 Å². The number of alkyl halides is 3. The van der Waals surface area contributed by atoms with Crippen LogP contribution in [-0.4, -0.2) is 22.4 Å². The van der Waals surface area contributed by atoms with E-state index < -0.39 is 17.6 Å². The molecule has 1 heterocycles. The lowest BCUT2D eigenvalue weighted by molar-refractivity contribution is -0.136. The zero-order chi connectivity index (χ0) is 19.3. The summed E-state index contributed by atoms with van der Waals surface area (Å²) in [6.45, 7) is 4.55. The summed E-state index contributed by atoms with van der Waals surface area (Å²) in [6, 6.07) is 4.65. The zero-order valence-electron chi connectivity index (χ0n) is 14.2. The quantitative estimate of drug-likeness (QED) is 0.757. The molecule has 0 fully saturated rings. The first-order valence-electron chi connectivity index (χ1n) is 7.91. The van der Waals surface area contributed by atoms with Gasteiger partial charge in [0, 0.05) is 17.6 Å². The second-order valence-corrected chi connectivity index (χ2v) is 6.48. The molecule has 1 aromatic heterocycles. The van der Waals surface area contributed by atoms with Gasteiger partial charge in [0.2, 0.25) is 0 Å². The van der Waals surface area contributed by atoms with E-state index in [4.69, 9.17) is 11.6 Å². The minimum absolute atomic E-state index is 0.0317. The average Bonchev–Trinajstić information content (AvgIpc) is 2.55. The number of rotatable bonds is 6. The zero-order valence-corrected chi connectivity index (χ0v) is 14.9. The number of hydrogen-bond acceptors (Lipinski definition) is 4. The van der Waals surface area contributed by atoms with Crippen LogP contribution in [0.25, 0.3) is 0 Å². The van der Waals surface area contributed by atoms with Gasteiger partial charge in [0.25, 0.3) is 5.91 Å². The standard InChI is InChI=1S/C17H18ClF3N4O/c1-10(2)5-6-22-16(26)14-8-15(24-9-23-14)25-13-4-3-11(18)7-12(13)17(19,20)21/h3-4,7-10H,5-6H2,1-2H3,(H,22,26)(H,23,24,25). The molecule has 0 saturated carbocycles. The molecule has 1 aromatic carbocycles. The van der Waals surface area contributed by atoms with Crippen molar-refractivity contribution in [2.45, 2.75) is 26.4 Å². The van der Waals surface area contributed by atoms with Gasteiger partial charge in [-0.25, -0.2) is 9.97 Å². The second-order valence-electron chi connectivity index (χ2n) is 6.04. The third kappa shape index (κ3) is 5.59. The number of benzene rings is 1. The molecule has 5 nitrogen and oxygen atoms in total. The number of hydrogen-bond donors (Lipinski definition) is 2. The Morgan fingerprint density at radius 2 is 1.96 bits per heavy atom. The van der Waals surface area contributed by atoms with Crippen molar-refractivity contribution < 1.29 is 18.0 Å². The van der Waals surface area contributed by atoms with Gasteiger partial charge in [-0.05, 0) is 30.5 Å². The normalized spacial score (nSPS) is 11.5. The Hall–Kier alpha value is -2.35. The number of anilines is 2. The first kappa shape index (κ1) is 20.0. The van der Waals surface area contributed by atoms with E-state index in [2.05, 4.69) is 20.6 Å². The van der Waals surface area contributed by atoms with E-state index in [0.717, 1.165) is 18.8 Å². The fourth-order valence-corrected chi connectivity index (χ4v) is 2.28. The van der Waals surface area contributed by atoms with E-state index >= 15 is 0 Å². The third-order valence-corrected chi connectivity index (χ3v) is 3.69. The van der Waals surface area contributed by atoms with Crippen molar-refractivity contribution in [1.82, 2.24) is 15.3 Å². The van der Waals surface area contributed by atoms with Crippen LogP contribution in [-0.2, 0) is 6.18 Å². The molecule has 0 atom stereocenters. The van der Waals surface area contributed by atoms with Crippen LogP contribution >= 0.6 is 11.6 Å². The van der Waals surface area contributed by atoms with E-state index in [1.54, 1.807) is 0 Å². The molecule has 2 N–H and O–H groups in total. The van der Waals surface area contributed by atoms with Gasteiger partial charge in [-0.15, -0.1) is 0 Å². The molecule has 2 aromatic rings. The van der Waals surface area contributed by atoms with E-state index in [1.807, 2.05) is 13.8 Å². The van der Waals surface area contributed by atoms with Gasteiger partial charge in [-0.3, -0.25) is 4.79 Å². The van der Waals surface area contributed by atoms with Crippen LogP contribution in [0.5, 0.6) is 0 Å². The molecule has 1 amide bonds. The van der Waals surface area contributed by atoms with Gasteiger partial charge in [0.1, 0.15) is 17.8 Å². The predicted octanol–water partition coefficient (Wildman–Crippen LogP) is 4.67. The molecule has 0 radical (unpaired) electrons. The van der Waals surface area contributed by atoms with Crippen LogP contribution in [0.15, 0.2) is 30.6 Å². The van der Waals surface area contributed by atoms with Crippen LogP contribution in [0.4, 0.5) is 24.7 Å². The topological polar surface area (TPSA) is 66.9 Å². The van der Waals surface area contributed by atoms with Crippen LogP contribution in [0.2, 0.25) is 5.02 Å². The van der Waals surface area contributed by atoms with E-state index in [0.29, 0.717) is 12.5 Å². The lowest BCUT2D eigenvalue weighted by atomic mass is 10.1. The summed E-state index contributed by atoms with van der Waals surface area (Å²) >= 11 is 5.66. The summed E-state index contributed by atoms with van der Waals surface area (Å²) in [7, 11) is 0. The van der Waals surface area contributed by atoms with E-state index in [9.17, 15) is 18.0 Å². The van der Waals surface area contributed by atoms with Crippen molar-refractivity contribution in [2.24, 2.45) is 5.92 Å². The van der Waals surface area contributed by atoms with Gasteiger partial charge in [0.05, 0.1) is 11.3 Å². The Labute approximate surface area is 154 Å². The van der Waals surface area contributed by atoms with Gasteiger partial charge in [0.15, 0.2) is 0 Å². The maximum Gasteiger partial charge on any atom is 0.418 e. The summed E-state index contributed by atoms with van der Waals surface area (Å²) in [6.07, 6.45) is -2.66.